The summed E-state index contributed by atoms with van der Waals surface area (Å²) >= 11 is 0. The van der Waals surface area contributed by atoms with Crippen molar-refractivity contribution in [2.24, 2.45) is 0 Å². The third-order valence-corrected chi connectivity index (χ3v) is 4.61. The third kappa shape index (κ3) is 2.46. The Labute approximate surface area is 132 Å². The van der Waals surface area contributed by atoms with Crippen LogP contribution in [0.2, 0.25) is 0 Å². The van der Waals surface area contributed by atoms with Gasteiger partial charge in [-0.05, 0) is 30.5 Å². The molecular formula is C18H17F2N3. The number of imidazole rings is 1. The first kappa shape index (κ1) is 14.2. The number of rotatable bonds is 3. The highest BCUT2D eigenvalue weighted by Gasteiger charge is 2.26. The number of nitrogens with zero attached hydrogens (tertiary/aromatic N) is 2. The summed E-state index contributed by atoms with van der Waals surface area (Å²) in [5, 5.41) is 0. The van der Waals surface area contributed by atoms with Gasteiger partial charge in [-0.25, -0.2) is 13.8 Å². The van der Waals surface area contributed by atoms with Gasteiger partial charge < -0.3 is 10.3 Å². The summed E-state index contributed by atoms with van der Waals surface area (Å²) in [5.41, 5.74) is 8.65. The smallest absolute Gasteiger partial charge is 0.161 e. The van der Waals surface area contributed by atoms with Crippen LogP contribution < -0.4 is 5.73 Å². The van der Waals surface area contributed by atoms with Crippen LogP contribution in [0.4, 0.5) is 14.5 Å². The molecule has 3 aromatic rings. The maximum Gasteiger partial charge on any atom is 0.161 e. The Hall–Kier alpha value is -2.43. The molecule has 5 heteroatoms. The van der Waals surface area contributed by atoms with Gasteiger partial charge in [0.1, 0.15) is 5.82 Å². The van der Waals surface area contributed by atoms with Crippen molar-refractivity contribution < 1.29 is 8.78 Å². The predicted molar refractivity (Wildman–Crippen MR) is 86.2 cm³/mol. The predicted octanol–water partition coefficient (Wildman–Crippen LogP) is 4.21. The van der Waals surface area contributed by atoms with E-state index in [0.717, 1.165) is 24.2 Å². The highest BCUT2D eigenvalue weighted by Crippen LogP contribution is 2.37. The fraction of sp³-hybridized carbons (Fsp3) is 0.278. The van der Waals surface area contributed by atoms with E-state index in [2.05, 4.69) is 4.98 Å². The van der Waals surface area contributed by atoms with E-state index in [1.54, 1.807) is 0 Å². The van der Waals surface area contributed by atoms with Crippen LogP contribution in [0.15, 0.2) is 36.4 Å². The number of fused-ring (bicyclic) bond motifs is 1. The second-order valence-corrected chi connectivity index (χ2v) is 6.18. The Bertz CT molecular complexity index is 864. The number of nitrogens with two attached hydrogens (primary N) is 1. The van der Waals surface area contributed by atoms with Crippen LogP contribution in [0.1, 0.15) is 36.6 Å². The van der Waals surface area contributed by atoms with Crippen LogP contribution in [0.25, 0.3) is 11.0 Å². The molecule has 1 aromatic heterocycles. The van der Waals surface area contributed by atoms with E-state index >= 15 is 0 Å². The standard InChI is InChI=1S/C18H17F2N3/c19-14-8-16-17(9-15(14)20)23(18(22-16)12-2-1-3-12)10-11-4-6-13(21)7-5-11/h4-9,12H,1-3,10,21H2. The van der Waals surface area contributed by atoms with Gasteiger partial charge in [0.25, 0.3) is 0 Å². The zero-order chi connectivity index (χ0) is 16.0. The maximum absolute atomic E-state index is 13.7. The summed E-state index contributed by atoms with van der Waals surface area (Å²) in [7, 11) is 0. The molecule has 0 aliphatic heterocycles. The van der Waals surface area contributed by atoms with Gasteiger partial charge in [0, 0.05) is 30.3 Å². The lowest BCUT2D eigenvalue weighted by Gasteiger charge is -2.25. The van der Waals surface area contributed by atoms with Crippen molar-refractivity contribution >= 4 is 16.7 Å². The van der Waals surface area contributed by atoms with Gasteiger partial charge in [-0.1, -0.05) is 18.6 Å². The molecule has 1 aliphatic carbocycles. The van der Waals surface area contributed by atoms with Crippen molar-refractivity contribution in [3.63, 3.8) is 0 Å². The zero-order valence-corrected chi connectivity index (χ0v) is 12.6. The summed E-state index contributed by atoms with van der Waals surface area (Å²) in [6.07, 6.45) is 3.34. The fourth-order valence-electron chi connectivity index (χ4n) is 3.09. The van der Waals surface area contributed by atoms with Crippen LogP contribution in [0.3, 0.4) is 0 Å². The highest BCUT2D eigenvalue weighted by atomic mass is 19.2. The van der Waals surface area contributed by atoms with Crippen molar-refractivity contribution in [2.75, 3.05) is 5.73 Å². The minimum absolute atomic E-state index is 0.377. The first-order valence-electron chi connectivity index (χ1n) is 7.81. The van der Waals surface area contributed by atoms with Crippen molar-refractivity contribution in [2.45, 2.75) is 31.7 Å². The van der Waals surface area contributed by atoms with Crippen LogP contribution in [-0.2, 0) is 6.54 Å². The number of benzene rings is 2. The van der Waals surface area contributed by atoms with Crippen molar-refractivity contribution in [3.05, 3.63) is 59.4 Å². The van der Waals surface area contributed by atoms with Gasteiger partial charge in [-0.3, -0.25) is 0 Å². The van der Waals surface area contributed by atoms with Gasteiger partial charge in [-0.2, -0.15) is 0 Å². The van der Waals surface area contributed by atoms with Crippen molar-refractivity contribution in [1.82, 2.24) is 9.55 Å². The van der Waals surface area contributed by atoms with Gasteiger partial charge in [0.15, 0.2) is 11.6 Å². The molecule has 1 aliphatic rings. The fourth-order valence-corrected chi connectivity index (χ4v) is 3.09. The SMILES string of the molecule is Nc1ccc(Cn2c(C3CCC3)nc3cc(F)c(F)cc32)cc1. The molecule has 0 radical (unpaired) electrons. The van der Waals surface area contributed by atoms with Crippen LogP contribution >= 0.6 is 0 Å². The molecule has 1 saturated carbocycles. The number of hydrogen-bond acceptors (Lipinski definition) is 2. The summed E-state index contributed by atoms with van der Waals surface area (Å²) in [4.78, 5) is 4.58. The first-order valence-corrected chi connectivity index (χ1v) is 7.81. The van der Waals surface area contributed by atoms with E-state index in [9.17, 15) is 8.78 Å². The third-order valence-electron chi connectivity index (χ3n) is 4.61. The minimum Gasteiger partial charge on any atom is -0.399 e. The maximum atomic E-state index is 13.7. The monoisotopic (exact) mass is 313 g/mol. The van der Waals surface area contributed by atoms with E-state index in [1.807, 2.05) is 28.8 Å². The molecule has 2 aromatic carbocycles. The molecule has 0 unspecified atom stereocenters. The number of halogens is 2. The van der Waals surface area contributed by atoms with Crippen LogP contribution in [-0.4, -0.2) is 9.55 Å². The molecule has 4 rings (SSSR count). The Kier molecular flexibility index (Phi) is 3.29. The molecule has 2 N–H and O–H groups in total. The second kappa shape index (κ2) is 5.33. The Balaban J connectivity index is 1.84. The first-order chi connectivity index (χ1) is 11.1. The molecular weight excluding hydrogens is 296 g/mol. The van der Waals surface area contributed by atoms with Crippen LogP contribution in [0.5, 0.6) is 0 Å². The van der Waals surface area contributed by atoms with Crippen molar-refractivity contribution in [1.29, 1.82) is 0 Å². The molecule has 1 heterocycles. The summed E-state index contributed by atoms with van der Waals surface area (Å²) in [6.45, 7) is 0.577. The minimum atomic E-state index is -0.852. The molecule has 0 bridgehead atoms. The topological polar surface area (TPSA) is 43.8 Å². The number of hydrogen-bond donors (Lipinski definition) is 1. The lowest BCUT2D eigenvalue weighted by Crippen LogP contribution is -2.16. The number of nitrogen functional groups attached to an aromatic ring is 1. The van der Waals surface area contributed by atoms with E-state index in [4.69, 9.17) is 5.73 Å². The van der Waals surface area contributed by atoms with Gasteiger partial charge in [0.2, 0.25) is 0 Å². The Morgan fingerprint density at radius 1 is 1.09 bits per heavy atom. The zero-order valence-electron chi connectivity index (χ0n) is 12.6. The van der Waals surface area contributed by atoms with E-state index in [-0.39, 0.29) is 0 Å². The van der Waals surface area contributed by atoms with Gasteiger partial charge in [-0.15, -0.1) is 0 Å². The second-order valence-electron chi connectivity index (χ2n) is 6.18. The summed E-state index contributed by atoms with van der Waals surface area (Å²) in [6, 6.07) is 10.0. The molecule has 1 fully saturated rings. The molecule has 0 spiro atoms. The van der Waals surface area contributed by atoms with E-state index in [1.165, 1.54) is 18.6 Å². The molecule has 0 atom stereocenters. The largest absolute Gasteiger partial charge is 0.399 e. The van der Waals surface area contributed by atoms with Gasteiger partial charge in [0.05, 0.1) is 11.0 Å². The molecule has 3 nitrogen and oxygen atoms in total. The summed E-state index contributed by atoms with van der Waals surface area (Å²) in [5.74, 6) is -0.388. The average molecular weight is 313 g/mol. The molecule has 0 amide bonds. The lowest BCUT2D eigenvalue weighted by atomic mass is 9.85. The Morgan fingerprint density at radius 3 is 2.43 bits per heavy atom. The van der Waals surface area contributed by atoms with Crippen molar-refractivity contribution in [3.8, 4) is 0 Å². The quantitative estimate of drug-likeness (QED) is 0.736. The Morgan fingerprint density at radius 2 is 1.78 bits per heavy atom. The highest BCUT2D eigenvalue weighted by molar-refractivity contribution is 5.76. The van der Waals surface area contributed by atoms with E-state index in [0.29, 0.717) is 29.2 Å². The molecule has 118 valence electrons. The van der Waals surface area contributed by atoms with Gasteiger partial charge >= 0.3 is 0 Å². The van der Waals surface area contributed by atoms with E-state index < -0.39 is 11.6 Å². The number of aromatic nitrogens is 2. The number of anilines is 1. The molecule has 23 heavy (non-hydrogen) atoms. The average Bonchev–Trinajstić information content (AvgIpc) is 2.78. The molecule has 0 saturated heterocycles. The lowest BCUT2D eigenvalue weighted by molar-refractivity contribution is 0.392. The normalized spacial score (nSPS) is 15.0. The summed E-state index contributed by atoms with van der Waals surface area (Å²) < 4.78 is 29.2. The van der Waals surface area contributed by atoms with Crippen LogP contribution in [0, 0.1) is 11.6 Å².